The van der Waals surface area contributed by atoms with Gasteiger partial charge in [0, 0.05) is 29.7 Å². The number of carbonyl (C=O) groups excluding carboxylic acids is 1. The lowest BCUT2D eigenvalue weighted by molar-refractivity contribution is -0.127. The van der Waals surface area contributed by atoms with Crippen molar-refractivity contribution in [3.8, 4) is 5.75 Å². The van der Waals surface area contributed by atoms with Gasteiger partial charge in [-0.2, -0.15) is 0 Å². The van der Waals surface area contributed by atoms with Crippen LogP contribution in [0.3, 0.4) is 0 Å². The largest absolute Gasteiger partial charge is 0.489 e. The van der Waals surface area contributed by atoms with Gasteiger partial charge in [-0.3, -0.25) is 14.7 Å². The molecule has 1 saturated heterocycles. The average Bonchev–Trinajstić information content (AvgIpc) is 2.85. The van der Waals surface area contributed by atoms with Crippen LogP contribution in [0.4, 0.5) is 8.78 Å². The van der Waals surface area contributed by atoms with E-state index < -0.39 is 11.6 Å². The number of hydrogen-bond acceptors (Lipinski definition) is 4. The van der Waals surface area contributed by atoms with E-state index in [0.29, 0.717) is 24.4 Å². The summed E-state index contributed by atoms with van der Waals surface area (Å²) in [6.45, 7) is 2.37. The Morgan fingerprint density at radius 2 is 1.88 bits per heavy atom. The molecule has 0 spiro atoms. The molecule has 34 heavy (non-hydrogen) atoms. The summed E-state index contributed by atoms with van der Waals surface area (Å²) in [6, 6.07) is 15.9. The van der Waals surface area contributed by atoms with Crippen molar-refractivity contribution in [3.05, 3.63) is 94.8 Å². The van der Waals surface area contributed by atoms with Crippen molar-refractivity contribution in [3.63, 3.8) is 0 Å². The number of nitrogens with one attached hydrogen (secondary N) is 1. The standard InChI is InChI=1S/C26H26ClF2N3O2/c27-20-6-4-18(5-7-20)25(23-3-1-2-12-30-23)31-26(33)19-10-13-32(14-11-19)15-16-34-24-9-8-21(28)17-22(24)29/h1-9,12,17,19,25H,10-11,13-16H2,(H,31,33)/t25-/m1/s1. The number of rotatable bonds is 8. The molecule has 2 heterocycles. The maximum Gasteiger partial charge on any atom is 0.224 e. The van der Waals surface area contributed by atoms with Crippen molar-refractivity contribution in [2.24, 2.45) is 5.92 Å². The van der Waals surface area contributed by atoms with Crippen molar-refractivity contribution < 1.29 is 18.3 Å². The first kappa shape index (κ1) is 24.1. The zero-order valence-corrected chi connectivity index (χ0v) is 19.3. The molecule has 1 aliphatic rings. The van der Waals surface area contributed by atoms with Crippen LogP contribution in [0, 0.1) is 17.6 Å². The van der Waals surface area contributed by atoms with E-state index in [1.165, 1.54) is 12.1 Å². The highest BCUT2D eigenvalue weighted by atomic mass is 35.5. The summed E-state index contributed by atoms with van der Waals surface area (Å²) < 4.78 is 32.1. The van der Waals surface area contributed by atoms with Gasteiger partial charge in [0.2, 0.25) is 5.91 Å². The third-order valence-electron chi connectivity index (χ3n) is 5.99. The number of carbonyl (C=O) groups is 1. The quantitative estimate of drug-likeness (QED) is 0.487. The predicted molar refractivity (Wildman–Crippen MR) is 127 cm³/mol. The van der Waals surface area contributed by atoms with Crippen molar-refractivity contribution in [1.29, 1.82) is 0 Å². The Hall–Kier alpha value is -3.03. The first-order valence-electron chi connectivity index (χ1n) is 11.3. The fourth-order valence-corrected chi connectivity index (χ4v) is 4.21. The molecule has 0 bridgehead atoms. The van der Waals surface area contributed by atoms with E-state index in [4.69, 9.17) is 16.3 Å². The molecule has 0 unspecified atom stereocenters. The van der Waals surface area contributed by atoms with Gasteiger partial charge in [0.1, 0.15) is 12.4 Å². The number of nitrogens with zero attached hydrogens (tertiary/aromatic N) is 2. The number of hydrogen-bond donors (Lipinski definition) is 1. The van der Waals surface area contributed by atoms with Gasteiger partial charge in [-0.1, -0.05) is 29.8 Å². The number of halogens is 3. The number of ether oxygens (including phenoxy) is 1. The number of likely N-dealkylation sites (tertiary alicyclic amines) is 1. The zero-order chi connectivity index (χ0) is 23.9. The SMILES string of the molecule is O=C(N[C@H](c1ccc(Cl)cc1)c1ccccn1)C1CCN(CCOc2ccc(F)cc2F)CC1. The van der Waals surface area contributed by atoms with Gasteiger partial charge < -0.3 is 10.1 Å². The maximum absolute atomic E-state index is 13.7. The highest BCUT2D eigenvalue weighted by Crippen LogP contribution is 2.25. The molecule has 0 radical (unpaired) electrons. The van der Waals surface area contributed by atoms with Gasteiger partial charge >= 0.3 is 0 Å². The topological polar surface area (TPSA) is 54.5 Å². The molecule has 1 amide bonds. The number of benzene rings is 2. The van der Waals surface area contributed by atoms with Gasteiger partial charge in [0.25, 0.3) is 0 Å². The molecule has 178 valence electrons. The molecule has 1 fully saturated rings. The van der Waals surface area contributed by atoms with E-state index in [9.17, 15) is 13.6 Å². The van der Waals surface area contributed by atoms with E-state index >= 15 is 0 Å². The molecule has 3 aromatic rings. The van der Waals surface area contributed by atoms with Crippen LogP contribution in [0.25, 0.3) is 0 Å². The van der Waals surface area contributed by atoms with Gasteiger partial charge in [0.15, 0.2) is 11.6 Å². The van der Waals surface area contributed by atoms with Gasteiger partial charge in [-0.15, -0.1) is 0 Å². The molecule has 5 nitrogen and oxygen atoms in total. The van der Waals surface area contributed by atoms with E-state index in [1.807, 2.05) is 30.3 Å². The monoisotopic (exact) mass is 485 g/mol. The van der Waals surface area contributed by atoms with E-state index in [2.05, 4.69) is 15.2 Å². The summed E-state index contributed by atoms with van der Waals surface area (Å²) in [5.41, 5.74) is 1.68. The van der Waals surface area contributed by atoms with Crippen LogP contribution < -0.4 is 10.1 Å². The third kappa shape index (κ3) is 6.30. The lowest BCUT2D eigenvalue weighted by atomic mass is 9.94. The molecule has 2 aromatic carbocycles. The second-order valence-electron chi connectivity index (χ2n) is 8.29. The van der Waals surface area contributed by atoms with Crippen LogP contribution in [0.5, 0.6) is 5.75 Å². The molecule has 8 heteroatoms. The normalized spacial score (nSPS) is 15.6. The minimum atomic E-state index is -0.710. The molecule has 0 aliphatic carbocycles. The lowest BCUT2D eigenvalue weighted by Gasteiger charge is -2.32. The average molecular weight is 486 g/mol. The van der Waals surface area contributed by atoms with Gasteiger partial charge in [-0.25, -0.2) is 8.78 Å². The third-order valence-corrected chi connectivity index (χ3v) is 6.24. The summed E-state index contributed by atoms with van der Waals surface area (Å²) in [7, 11) is 0. The van der Waals surface area contributed by atoms with Crippen molar-refractivity contribution in [1.82, 2.24) is 15.2 Å². The Morgan fingerprint density at radius 3 is 2.56 bits per heavy atom. The van der Waals surface area contributed by atoms with Gasteiger partial charge in [0.05, 0.1) is 11.7 Å². The molecule has 4 rings (SSSR count). The Balaban J connectivity index is 1.30. The highest BCUT2D eigenvalue weighted by molar-refractivity contribution is 6.30. The Labute approximate surface area is 202 Å². The summed E-state index contributed by atoms with van der Waals surface area (Å²) in [6.07, 6.45) is 3.14. The summed E-state index contributed by atoms with van der Waals surface area (Å²) in [5.74, 6) is -1.41. The van der Waals surface area contributed by atoms with E-state index in [-0.39, 0.29) is 30.2 Å². The van der Waals surface area contributed by atoms with Crippen LogP contribution in [0.15, 0.2) is 66.9 Å². The van der Waals surface area contributed by atoms with Crippen LogP contribution in [-0.4, -0.2) is 42.0 Å². The van der Waals surface area contributed by atoms with Crippen LogP contribution in [-0.2, 0) is 4.79 Å². The van der Waals surface area contributed by atoms with E-state index in [1.54, 1.807) is 18.3 Å². The molecule has 1 aromatic heterocycles. The van der Waals surface area contributed by atoms with E-state index in [0.717, 1.165) is 30.4 Å². The maximum atomic E-state index is 13.7. The second kappa shape index (κ2) is 11.4. The summed E-state index contributed by atoms with van der Waals surface area (Å²) in [4.78, 5) is 19.7. The van der Waals surface area contributed by atoms with Crippen LogP contribution >= 0.6 is 11.6 Å². The second-order valence-corrected chi connectivity index (χ2v) is 8.72. The molecule has 1 atom stereocenters. The van der Waals surface area contributed by atoms with Crippen molar-refractivity contribution in [2.75, 3.05) is 26.2 Å². The fraction of sp³-hybridized carbons (Fsp3) is 0.308. The highest BCUT2D eigenvalue weighted by Gasteiger charge is 2.28. The molecular weight excluding hydrogens is 460 g/mol. The number of pyridine rings is 1. The van der Waals surface area contributed by atoms with Crippen molar-refractivity contribution in [2.45, 2.75) is 18.9 Å². The Morgan fingerprint density at radius 1 is 1.12 bits per heavy atom. The minimum absolute atomic E-state index is 0.00473. The first-order chi connectivity index (χ1) is 16.5. The molecule has 0 saturated carbocycles. The van der Waals surface area contributed by atoms with Gasteiger partial charge in [-0.05, 0) is 67.9 Å². The minimum Gasteiger partial charge on any atom is -0.489 e. The van der Waals surface area contributed by atoms with Crippen molar-refractivity contribution >= 4 is 17.5 Å². The van der Waals surface area contributed by atoms with Crippen LogP contribution in [0.2, 0.25) is 5.02 Å². The predicted octanol–water partition coefficient (Wildman–Crippen LogP) is 5.01. The summed E-state index contributed by atoms with van der Waals surface area (Å²) in [5, 5.41) is 3.80. The zero-order valence-electron chi connectivity index (χ0n) is 18.6. The number of aromatic nitrogens is 1. The molecule has 1 aliphatic heterocycles. The first-order valence-corrected chi connectivity index (χ1v) is 11.6. The lowest BCUT2D eigenvalue weighted by Crippen LogP contribution is -2.43. The summed E-state index contributed by atoms with van der Waals surface area (Å²) >= 11 is 6.04. The number of amides is 1. The fourth-order valence-electron chi connectivity index (χ4n) is 4.09. The molecular formula is C26H26ClF2N3O2. The van der Waals surface area contributed by atoms with Crippen LogP contribution in [0.1, 0.15) is 30.1 Å². The Bertz CT molecular complexity index is 1090. The smallest absolute Gasteiger partial charge is 0.224 e. The number of piperidine rings is 1. The molecule has 1 N–H and O–H groups in total. The Kier molecular flexibility index (Phi) is 8.08.